The van der Waals surface area contributed by atoms with E-state index >= 15 is 0 Å². The number of unbranched alkanes of at least 4 members (excludes halogenated alkanes) is 44. The molecule has 0 atom stereocenters. The van der Waals surface area contributed by atoms with Gasteiger partial charge in [0.15, 0.2) is 0 Å². The molecule has 3 heteroatoms. The van der Waals surface area contributed by atoms with Gasteiger partial charge in [-0.25, -0.2) is 4.44 Å². The Morgan fingerprint density at radius 3 is 0.533 bits per heavy atom. The van der Waals surface area contributed by atoms with Crippen molar-refractivity contribution in [3.63, 3.8) is 0 Å². The highest BCUT2D eigenvalue weighted by atomic mass is 31.2. The fourth-order valence-corrected chi connectivity index (χ4v) is 20.3. The topological polar surface area (TPSA) is 3.24 Å². The Bertz CT molecular complexity index is 1860. The van der Waals surface area contributed by atoms with Crippen LogP contribution in [0.25, 0.3) is 0 Å². The van der Waals surface area contributed by atoms with Crippen LogP contribution in [-0.4, -0.2) is 10.5 Å². The Kier molecular flexibility index (Phi) is 50.7. The number of aryl methyl sites for hydroxylation is 4. The Hall–Kier alpha value is -2.30. The molecule has 0 aliphatic rings. The minimum Gasteiger partial charge on any atom is -0.242 e. The average Bonchev–Trinajstić information content (AvgIpc) is 0.823. The number of benzene rings is 4. The van der Waals surface area contributed by atoms with Crippen LogP contribution < -0.4 is 21.2 Å². The summed E-state index contributed by atoms with van der Waals surface area (Å²) in [5, 5.41) is 6.26. The summed E-state index contributed by atoms with van der Waals surface area (Å²) in [5.74, 6) is 0. The van der Waals surface area contributed by atoms with E-state index in [1.165, 1.54) is 382 Å². The summed E-state index contributed by atoms with van der Waals surface area (Å²) < 4.78 is 3.31. The zero-order chi connectivity index (χ0) is 63.8. The van der Waals surface area contributed by atoms with Gasteiger partial charge in [-0.15, -0.1) is 0 Å². The van der Waals surface area contributed by atoms with Gasteiger partial charge in [0.2, 0.25) is 0 Å². The smallest absolute Gasteiger partial charge is 0.0325 e. The van der Waals surface area contributed by atoms with Crippen molar-refractivity contribution < 1.29 is 0 Å². The molecule has 0 amide bonds. The Balaban J connectivity index is 1.85. The van der Waals surface area contributed by atoms with Crippen molar-refractivity contribution in [2.45, 2.75) is 407 Å². The standard InChI is InChI=1S/C87H147NP2/c1-7-13-19-25-31-37-43-49-55-61-83(62-56-50-44-38-32-26-20-14-8-2)88(89(84-71-63-79(64-72-84)57-51-45-39-33-27-21-15-9-3)85-73-65-80(66-74-85)58-52-46-40-34-28-22-16-10-4)90(86-75-67-81(68-76-86)59-53-47-41-35-29-23-17-11-5)87-77-69-82(70-78-87)60-54-48-42-36-30-24-18-12-6/h63-78,83H,7-62H2,1-6H3. The van der Waals surface area contributed by atoms with Crippen molar-refractivity contribution in [3.05, 3.63) is 119 Å². The first-order valence-electron chi connectivity index (χ1n) is 40.3. The number of hydrogen-bond donors (Lipinski definition) is 0. The summed E-state index contributed by atoms with van der Waals surface area (Å²) in [4.78, 5) is 0. The van der Waals surface area contributed by atoms with E-state index in [4.69, 9.17) is 0 Å². The predicted octanol–water partition coefficient (Wildman–Crippen LogP) is 28.3. The highest BCUT2D eigenvalue weighted by molar-refractivity contribution is 7.84. The second-order valence-electron chi connectivity index (χ2n) is 28.4. The van der Waals surface area contributed by atoms with E-state index in [-0.39, 0.29) is 0 Å². The molecular formula is C87H147NP2. The van der Waals surface area contributed by atoms with E-state index in [1.54, 1.807) is 21.2 Å². The first-order valence-corrected chi connectivity index (χ1v) is 42.9. The van der Waals surface area contributed by atoms with Gasteiger partial charge in [-0.05, 0) is 108 Å². The van der Waals surface area contributed by atoms with Gasteiger partial charge in [0.05, 0.1) is 0 Å². The maximum atomic E-state index is 3.31. The monoisotopic (exact) mass is 1270 g/mol. The fourth-order valence-electron chi connectivity index (χ4n) is 14.0. The van der Waals surface area contributed by atoms with Crippen molar-refractivity contribution in [3.8, 4) is 0 Å². The summed E-state index contributed by atoms with van der Waals surface area (Å²) in [7, 11) is -1.77. The summed E-state index contributed by atoms with van der Waals surface area (Å²) in [6.07, 6.45) is 76.5. The molecule has 510 valence electrons. The molecule has 0 spiro atoms. The molecule has 0 aliphatic carbocycles. The quantitative estimate of drug-likeness (QED) is 0.0315. The molecule has 4 rings (SSSR count). The molecular weight excluding hydrogens is 1120 g/mol. The first kappa shape index (κ1) is 80.1. The van der Waals surface area contributed by atoms with Crippen molar-refractivity contribution in [1.82, 2.24) is 4.44 Å². The molecule has 4 aromatic rings. The lowest BCUT2D eigenvalue weighted by molar-refractivity contribution is 0.393. The van der Waals surface area contributed by atoms with Gasteiger partial charge in [0.25, 0.3) is 0 Å². The maximum Gasteiger partial charge on any atom is 0.0325 e. The highest BCUT2D eigenvalue weighted by Crippen LogP contribution is 2.57. The molecule has 0 heterocycles. The predicted molar refractivity (Wildman–Crippen MR) is 413 cm³/mol. The molecule has 1 nitrogen and oxygen atoms in total. The fraction of sp³-hybridized carbons (Fsp3) is 0.724. The Morgan fingerprint density at radius 2 is 0.356 bits per heavy atom. The summed E-state index contributed by atoms with van der Waals surface area (Å²) >= 11 is 0. The van der Waals surface area contributed by atoms with Gasteiger partial charge in [0, 0.05) is 22.2 Å². The molecule has 0 fully saturated rings. The van der Waals surface area contributed by atoms with Crippen LogP contribution in [0.3, 0.4) is 0 Å². The molecule has 0 saturated carbocycles. The molecule has 0 radical (unpaired) electrons. The van der Waals surface area contributed by atoms with Crippen LogP contribution in [0.5, 0.6) is 0 Å². The SMILES string of the molecule is CCCCCCCCCCCC(CCCCCCCCCCC)N(P(c1ccc(CCCCCCCCCC)cc1)c1ccc(CCCCCCCCCC)cc1)P(c1ccc(CCCCCCCCCC)cc1)c1ccc(CCCCCCCCCC)cc1. The molecule has 90 heavy (non-hydrogen) atoms. The molecule has 0 bridgehead atoms. The molecule has 0 N–H and O–H groups in total. The molecule has 4 aromatic carbocycles. The third-order valence-electron chi connectivity index (χ3n) is 20.0. The lowest BCUT2D eigenvalue weighted by atomic mass is 10.00. The minimum absolute atomic E-state index is 0.499. The van der Waals surface area contributed by atoms with E-state index in [0.717, 1.165) is 0 Å². The van der Waals surface area contributed by atoms with E-state index in [0.29, 0.717) is 6.04 Å². The third-order valence-corrected chi connectivity index (χ3v) is 25.7. The van der Waals surface area contributed by atoms with Crippen LogP contribution in [0.1, 0.15) is 398 Å². The van der Waals surface area contributed by atoms with Gasteiger partial charge in [-0.1, -0.05) is 434 Å². The third kappa shape index (κ3) is 37.7. The zero-order valence-electron chi connectivity index (χ0n) is 60.8. The van der Waals surface area contributed by atoms with E-state index in [2.05, 4.69) is 143 Å². The van der Waals surface area contributed by atoms with Crippen LogP contribution in [0.2, 0.25) is 0 Å². The van der Waals surface area contributed by atoms with Crippen molar-refractivity contribution in [1.29, 1.82) is 0 Å². The second kappa shape index (κ2) is 57.0. The lowest BCUT2D eigenvalue weighted by Gasteiger charge is -2.44. The molecule has 0 aromatic heterocycles. The van der Waals surface area contributed by atoms with Crippen LogP contribution in [0.15, 0.2) is 97.1 Å². The molecule has 0 unspecified atom stereocenters. The zero-order valence-corrected chi connectivity index (χ0v) is 62.5. The van der Waals surface area contributed by atoms with Gasteiger partial charge < -0.3 is 0 Å². The van der Waals surface area contributed by atoms with Crippen molar-refractivity contribution in [2.75, 3.05) is 0 Å². The van der Waals surface area contributed by atoms with Gasteiger partial charge >= 0.3 is 0 Å². The van der Waals surface area contributed by atoms with E-state index in [9.17, 15) is 0 Å². The molecule has 0 aliphatic heterocycles. The Morgan fingerprint density at radius 1 is 0.200 bits per heavy atom. The van der Waals surface area contributed by atoms with Crippen LogP contribution in [0, 0.1) is 0 Å². The number of rotatable bonds is 63. The molecule has 0 saturated heterocycles. The minimum atomic E-state index is -0.883. The second-order valence-corrected chi connectivity index (χ2v) is 32.9. The van der Waals surface area contributed by atoms with Crippen molar-refractivity contribution in [2.24, 2.45) is 0 Å². The Labute approximate surface area is 564 Å². The van der Waals surface area contributed by atoms with Crippen LogP contribution in [0.4, 0.5) is 0 Å². The summed E-state index contributed by atoms with van der Waals surface area (Å²) in [5.41, 5.74) is 6.15. The van der Waals surface area contributed by atoms with E-state index in [1.807, 2.05) is 0 Å². The van der Waals surface area contributed by atoms with Crippen LogP contribution >= 0.6 is 16.1 Å². The van der Waals surface area contributed by atoms with Crippen LogP contribution in [-0.2, 0) is 25.7 Å². The summed E-state index contributed by atoms with van der Waals surface area (Å²) in [6.45, 7) is 14.1. The maximum absolute atomic E-state index is 3.31. The number of hydrogen-bond acceptors (Lipinski definition) is 1. The number of nitrogens with zero attached hydrogens (tertiary/aromatic N) is 1. The largest absolute Gasteiger partial charge is 0.242 e. The highest BCUT2D eigenvalue weighted by Gasteiger charge is 2.37. The van der Waals surface area contributed by atoms with Gasteiger partial charge in [-0.3, -0.25) is 0 Å². The van der Waals surface area contributed by atoms with Gasteiger partial charge in [0.1, 0.15) is 0 Å². The van der Waals surface area contributed by atoms with E-state index < -0.39 is 16.1 Å². The van der Waals surface area contributed by atoms with Gasteiger partial charge in [-0.2, -0.15) is 0 Å². The first-order chi connectivity index (χ1) is 44.6. The normalized spacial score (nSPS) is 11.9. The average molecular weight is 1270 g/mol. The lowest BCUT2D eigenvalue weighted by Crippen LogP contribution is -2.38. The summed E-state index contributed by atoms with van der Waals surface area (Å²) in [6, 6.07) is 42.3. The van der Waals surface area contributed by atoms with Crippen molar-refractivity contribution >= 4 is 37.4 Å².